The fourth-order valence-electron chi connectivity index (χ4n) is 3.23. The summed E-state index contributed by atoms with van der Waals surface area (Å²) >= 11 is 0. The third-order valence-corrected chi connectivity index (χ3v) is 4.71. The van der Waals surface area contributed by atoms with E-state index in [0.29, 0.717) is 12.1 Å². The van der Waals surface area contributed by atoms with Crippen LogP contribution in [0.3, 0.4) is 0 Å². The van der Waals surface area contributed by atoms with E-state index in [1.807, 2.05) is 0 Å². The van der Waals surface area contributed by atoms with Gasteiger partial charge in [-0.15, -0.1) is 0 Å². The van der Waals surface area contributed by atoms with Crippen molar-refractivity contribution in [3.8, 4) is 0 Å². The lowest BCUT2D eigenvalue weighted by molar-refractivity contribution is 0.150. The van der Waals surface area contributed by atoms with Crippen molar-refractivity contribution >= 4 is 5.69 Å². The molecule has 0 N–H and O–H groups in total. The molecule has 0 saturated carbocycles. The molecule has 0 aliphatic carbocycles. The van der Waals surface area contributed by atoms with Crippen molar-refractivity contribution in [1.82, 2.24) is 4.90 Å². The van der Waals surface area contributed by atoms with Crippen LogP contribution in [0.15, 0.2) is 60.7 Å². The normalized spacial score (nSPS) is 23.2. The SMILES string of the molecule is CC1[C@H](C)N(Cc2ccccc2)CCN1c1ccccc1. The number of benzene rings is 2. The molecule has 0 bridgehead atoms. The van der Waals surface area contributed by atoms with E-state index < -0.39 is 0 Å². The van der Waals surface area contributed by atoms with Crippen LogP contribution in [0.5, 0.6) is 0 Å². The van der Waals surface area contributed by atoms with Crippen molar-refractivity contribution in [1.29, 1.82) is 0 Å². The molecule has 2 aromatic rings. The predicted octanol–water partition coefficient (Wildman–Crippen LogP) is 3.79. The van der Waals surface area contributed by atoms with E-state index in [1.54, 1.807) is 0 Å². The minimum atomic E-state index is 0.532. The van der Waals surface area contributed by atoms with Crippen molar-refractivity contribution < 1.29 is 0 Å². The first kappa shape index (κ1) is 14.2. The van der Waals surface area contributed by atoms with Crippen molar-refractivity contribution in [3.63, 3.8) is 0 Å². The van der Waals surface area contributed by atoms with Crippen LogP contribution in [0, 0.1) is 0 Å². The van der Waals surface area contributed by atoms with Gasteiger partial charge in [0.2, 0.25) is 0 Å². The lowest BCUT2D eigenvalue weighted by atomic mass is 10.0. The molecule has 0 radical (unpaired) electrons. The van der Waals surface area contributed by atoms with Gasteiger partial charge in [0.05, 0.1) is 0 Å². The maximum absolute atomic E-state index is 2.60. The molecular formula is C19H24N2. The zero-order valence-electron chi connectivity index (χ0n) is 12.9. The predicted molar refractivity (Wildman–Crippen MR) is 89.6 cm³/mol. The molecule has 1 aliphatic heterocycles. The highest BCUT2D eigenvalue weighted by Crippen LogP contribution is 2.25. The average molecular weight is 280 g/mol. The Morgan fingerprint density at radius 2 is 1.43 bits per heavy atom. The molecule has 3 rings (SSSR count). The lowest BCUT2D eigenvalue weighted by Gasteiger charge is -2.46. The van der Waals surface area contributed by atoms with Gasteiger partial charge in [0, 0.05) is 37.4 Å². The van der Waals surface area contributed by atoms with Gasteiger partial charge in [0.15, 0.2) is 0 Å². The van der Waals surface area contributed by atoms with Crippen molar-refractivity contribution in [2.45, 2.75) is 32.5 Å². The Kier molecular flexibility index (Phi) is 4.26. The Balaban J connectivity index is 1.70. The quantitative estimate of drug-likeness (QED) is 0.844. The van der Waals surface area contributed by atoms with Crippen LogP contribution >= 0.6 is 0 Å². The summed E-state index contributed by atoms with van der Waals surface area (Å²) in [6.07, 6.45) is 0. The molecule has 0 spiro atoms. The third-order valence-electron chi connectivity index (χ3n) is 4.71. The monoisotopic (exact) mass is 280 g/mol. The Bertz CT molecular complexity index is 550. The molecule has 1 saturated heterocycles. The van der Waals surface area contributed by atoms with Crippen LogP contribution in [-0.4, -0.2) is 30.1 Å². The number of piperazine rings is 1. The summed E-state index contributed by atoms with van der Waals surface area (Å²) in [5, 5.41) is 0. The summed E-state index contributed by atoms with van der Waals surface area (Å²) in [5.41, 5.74) is 2.75. The standard InChI is InChI=1S/C19H24N2/c1-16-17(2)21(19-11-7-4-8-12-19)14-13-20(16)15-18-9-5-3-6-10-18/h3-12,16-17H,13-15H2,1-2H3/t16-,17?/m0/s1. The minimum absolute atomic E-state index is 0.532. The molecule has 21 heavy (non-hydrogen) atoms. The van der Waals surface area contributed by atoms with Crippen LogP contribution in [0.25, 0.3) is 0 Å². The maximum atomic E-state index is 2.60. The number of rotatable bonds is 3. The van der Waals surface area contributed by atoms with Gasteiger partial charge < -0.3 is 4.90 Å². The van der Waals surface area contributed by atoms with Crippen molar-refractivity contribution in [2.24, 2.45) is 0 Å². The van der Waals surface area contributed by atoms with Gasteiger partial charge in [-0.2, -0.15) is 0 Å². The zero-order chi connectivity index (χ0) is 14.7. The number of hydrogen-bond donors (Lipinski definition) is 0. The fourth-order valence-corrected chi connectivity index (χ4v) is 3.23. The lowest BCUT2D eigenvalue weighted by Crippen LogP contribution is -2.57. The second-order valence-electron chi connectivity index (χ2n) is 5.97. The van der Waals surface area contributed by atoms with E-state index in [2.05, 4.69) is 84.3 Å². The van der Waals surface area contributed by atoms with Gasteiger partial charge in [0.1, 0.15) is 0 Å². The Labute approximate surface area is 128 Å². The second kappa shape index (κ2) is 6.31. The largest absolute Gasteiger partial charge is 0.366 e. The molecule has 110 valence electrons. The van der Waals surface area contributed by atoms with Gasteiger partial charge in [-0.05, 0) is 31.5 Å². The Morgan fingerprint density at radius 3 is 2.10 bits per heavy atom. The van der Waals surface area contributed by atoms with E-state index in [9.17, 15) is 0 Å². The minimum Gasteiger partial charge on any atom is -0.366 e. The summed E-state index contributed by atoms with van der Waals surface area (Å²) in [6, 6.07) is 22.7. The van der Waals surface area contributed by atoms with Crippen LogP contribution in [0.1, 0.15) is 19.4 Å². The zero-order valence-corrected chi connectivity index (χ0v) is 12.9. The number of hydrogen-bond acceptors (Lipinski definition) is 2. The maximum Gasteiger partial charge on any atom is 0.0415 e. The van der Waals surface area contributed by atoms with Gasteiger partial charge >= 0.3 is 0 Å². The first-order valence-corrected chi connectivity index (χ1v) is 7.85. The van der Waals surface area contributed by atoms with Crippen LogP contribution in [0.2, 0.25) is 0 Å². The molecule has 1 fully saturated rings. The average Bonchev–Trinajstić information content (AvgIpc) is 2.54. The van der Waals surface area contributed by atoms with Crippen LogP contribution in [0.4, 0.5) is 5.69 Å². The van der Waals surface area contributed by atoms with E-state index >= 15 is 0 Å². The molecular weight excluding hydrogens is 256 g/mol. The smallest absolute Gasteiger partial charge is 0.0415 e. The van der Waals surface area contributed by atoms with Crippen LogP contribution < -0.4 is 4.90 Å². The van der Waals surface area contributed by atoms with Gasteiger partial charge in [-0.1, -0.05) is 48.5 Å². The van der Waals surface area contributed by atoms with Crippen LogP contribution in [-0.2, 0) is 6.54 Å². The molecule has 2 aromatic carbocycles. The summed E-state index contributed by atoms with van der Waals surface area (Å²) in [5.74, 6) is 0. The molecule has 0 amide bonds. The van der Waals surface area contributed by atoms with E-state index in [0.717, 1.165) is 19.6 Å². The number of para-hydroxylation sites is 1. The molecule has 1 aliphatic rings. The van der Waals surface area contributed by atoms with E-state index in [-0.39, 0.29) is 0 Å². The highest BCUT2D eigenvalue weighted by Gasteiger charge is 2.30. The molecule has 1 unspecified atom stereocenters. The molecule has 2 nitrogen and oxygen atoms in total. The number of anilines is 1. The summed E-state index contributed by atoms with van der Waals surface area (Å²) < 4.78 is 0. The highest BCUT2D eigenvalue weighted by atomic mass is 15.3. The van der Waals surface area contributed by atoms with Crippen molar-refractivity contribution in [2.75, 3.05) is 18.0 Å². The van der Waals surface area contributed by atoms with E-state index in [1.165, 1.54) is 11.3 Å². The first-order valence-electron chi connectivity index (χ1n) is 7.85. The topological polar surface area (TPSA) is 6.48 Å². The second-order valence-corrected chi connectivity index (χ2v) is 5.97. The summed E-state index contributed by atoms with van der Waals surface area (Å²) in [4.78, 5) is 5.13. The third kappa shape index (κ3) is 3.11. The highest BCUT2D eigenvalue weighted by molar-refractivity contribution is 5.47. The molecule has 2 heteroatoms. The van der Waals surface area contributed by atoms with Gasteiger partial charge in [-0.3, -0.25) is 4.90 Å². The summed E-state index contributed by atoms with van der Waals surface area (Å²) in [6.45, 7) is 7.96. The van der Waals surface area contributed by atoms with E-state index in [4.69, 9.17) is 0 Å². The van der Waals surface area contributed by atoms with Crippen molar-refractivity contribution in [3.05, 3.63) is 66.2 Å². The van der Waals surface area contributed by atoms with Gasteiger partial charge in [0.25, 0.3) is 0 Å². The fraction of sp³-hybridized carbons (Fsp3) is 0.368. The number of nitrogens with zero attached hydrogens (tertiary/aromatic N) is 2. The summed E-state index contributed by atoms with van der Waals surface area (Å²) in [7, 11) is 0. The Hall–Kier alpha value is -1.80. The Morgan fingerprint density at radius 1 is 0.810 bits per heavy atom. The first-order chi connectivity index (χ1) is 10.3. The molecule has 0 aromatic heterocycles. The molecule has 2 atom stereocenters. The van der Waals surface area contributed by atoms with Gasteiger partial charge in [-0.25, -0.2) is 0 Å². The molecule has 1 heterocycles.